The second-order valence-electron chi connectivity index (χ2n) is 3.07. The van der Waals surface area contributed by atoms with E-state index < -0.39 is 0 Å². The van der Waals surface area contributed by atoms with Gasteiger partial charge in [-0.1, -0.05) is 38.0 Å². The molecule has 0 atom stereocenters. The maximum Gasteiger partial charge on any atom is 0.00719 e. The number of thioether (sulfide) groups is 1. The lowest BCUT2D eigenvalue weighted by molar-refractivity contribution is 0.791. The van der Waals surface area contributed by atoms with Crippen LogP contribution in [0.15, 0.2) is 35.2 Å². The molecule has 0 bridgehead atoms. The summed E-state index contributed by atoms with van der Waals surface area (Å²) in [6.45, 7) is 2.13. The van der Waals surface area contributed by atoms with Crippen molar-refractivity contribution >= 4 is 11.8 Å². The Balaban J connectivity index is 2.07. The van der Waals surface area contributed by atoms with Crippen LogP contribution in [0, 0.1) is 6.42 Å². The summed E-state index contributed by atoms with van der Waals surface area (Å²) in [5.74, 6) is 1.25. The van der Waals surface area contributed by atoms with Crippen LogP contribution in [0.3, 0.4) is 0 Å². The van der Waals surface area contributed by atoms with Gasteiger partial charge in [0.1, 0.15) is 0 Å². The van der Waals surface area contributed by atoms with Gasteiger partial charge in [0.25, 0.3) is 0 Å². The van der Waals surface area contributed by atoms with Gasteiger partial charge in [0.2, 0.25) is 0 Å². The first kappa shape index (κ1) is 10.6. The molecule has 1 heteroatoms. The molecule has 0 aliphatic carbocycles. The van der Waals surface area contributed by atoms with E-state index in [0.717, 1.165) is 0 Å². The minimum Gasteiger partial charge on any atom is -0.126 e. The Morgan fingerprint density at radius 1 is 1.15 bits per heavy atom. The van der Waals surface area contributed by atoms with Crippen LogP contribution in [0.1, 0.15) is 26.2 Å². The van der Waals surface area contributed by atoms with Crippen LogP contribution < -0.4 is 0 Å². The van der Waals surface area contributed by atoms with E-state index in [2.05, 4.69) is 43.7 Å². The zero-order chi connectivity index (χ0) is 9.36. The highest BCUT2D eigenvalue weighted by atomic mass is 32.2. The van der Waals surface area contributed by atoms with Crippen LogP contribution in [-0.2, 0) is 0 Å². The molecule has 0 heterocycles. The summed E-state index contributed by atoms with van der Waals surface area (Å²) in [5, 5.41) is 0. The SMILES string of the molecule is C[CH]CCCCSc1ccccc1. The molecule has 0 saturated heterocycles. The molecule has 0 saturated carbocycles. The number of rotatable bonds is 6. The number of benzene rings is 1. The molecule has 0 N–H and O–H groups in total. The molecule has 1 rings (SSSR count). The summed E-state index contributed by atoms with van der Waals surface area (Å²) in [6.07, 6.45) is 6.16. The Bertz CT molecular complexity index is 206. The largest absolute Gasteiger partial charge is 0.126 e. The first-order valence-corrected chi connectivity index (χ1v) is 5.87. The molecule has 0 nitrogen and oxygen atoms in total. The maximum absolute atomic E-state index is 2.24. The first-order chi connectivity index (χ1) is 6.43. The molecule has 0 fully saturated rings. The quantitative estimate of drug-likeness (QED) is 0.482. The number of hydrogen-bond acceptors (Lipinski definition) is 1. The van der Waals surface area contributed by atoms with Crippen LogP contribution in [-0.4, -0.2) is 5.75 Å². The van der Waals surface area contributed by atoms with E-state index in [1.165, 1.54) is 29.9 Å². The van der Waals surface area contributed by atoms with Crippen LogP contribution in [0.2, 0.25) is 0 Å². The molecule has 1 aromatic carbocycles. The predicted octanol–water partition coefficient (Wildman–Crippen LogP) is 4.17. The van der Waals surface area contributed by atoms with E-state index in [4.69, 9.17) is 0 Å². The fraction of sp³-hybridized carbons (Fsp3) is 0.417. The summed E-state index contributed by atoms with van der Waals surface area (Å²) >= 11 is 1.96. The standard InChI is InChI=1S/C12H17S/c1-2-3-4-8-11-13-12-9-6-5-7-10-12/h2,5-7,9-10H,3-4,8,11H2,1H3. The second-order valence-corrected chi connectivity index (χ2v) is 4.23. The van der Waals surface area contributed by atoms with Gasteiger partial charge in [-0.2, -0.15) is 0 Å². The summed E-state index contributed by atoms with van der Waals surface area (Å²) in [5.41, 5.74) is 0. The lowest BCUT2D eigenvalue weighted by Crippen LogP contribution is -1.80. The first-order valence-electron chi connectivity index (χ1n) is 4.89. The van der Waals surface area contributed by atoms with Crippen molar-refractivity contribution in [3.05, 3.63) is 36.8 Å². The van der Waals surface area contributed by atoms with Crippen LogP contribution >= 0.6 is 11.8 Å². The van der Waals surface area contributed by atoms with Crippen molar-refractivity contribution in [1.29, 1.82) is 0 Å². The lowest BCUT2D eigenvalue weighted by Gasteiger charge is -2.00. The Morgan fingerprint density at radius 2 is 1.92 bits per heavy atom. The van der Waals surface area contributed by atoms with Crippen LogP contribution in [0.5, 0.6) is 0 Å². The molecule has 0 aliphatic rings. The molecule has 1 radical (unpaired) electrons. The van der Waals surface area contributed by atoms with Gasteiger partial charge < -0.3 is 0 Å². The van der Waals surface area contributed by atoms with Crippen LogP contribution in [0.4, 0.5) is 0 Å². The minimum atomic E-state index is 1.25. The van der Waals surface area contributed by atoms with Crippen LogP contribution in [0.25, 0.3) is 0 Å². The molecule has 0 amide bonds. The number of hydrogen-bond donors (Lipinski definition) is 0. The molecular formula is C12H17S. The third kappa shape index (κ3) is 4.99. The monoisotopic (exact) mass is 193 g/mol. The van der Waals surface area contributed by atoms with Crippen molar-refractivity contribution in [2.45, 2.75) is 31.1 Å². The maximum atomic E-state index is 2.24. The van der Waals surface area contributed by atoms with E-state index >= 15 is 0 Å². The normalized spacial score (nSPS) is 10.2. The third-order valence-corrected chi connectivity index (χ3v) is 3.00. The summed E-state index contributed by atoms with van der Waals surface area (Å²) < 4.78 is 0. The fourth-order valence-electron chi connectivity index (χ4n) is 1.16. The molecule has 0 spiro atoms. The molecule has 13 heavy (non-hydrogen) atoms. The van der Waals surface area contributed by atoms with E-state index in [1.807, 2.05) is 11.8 Å². The second kappa shape index (κ2) is 7.02. The van der Waals surface area contributed by atoms with Crippen molar-refractivity contribution in [2.75, 3.05) is 5.75 Å². The molecule has 0 unspecified atom stereocenters. The van der Waals surface area contributed by atoms with E-state index in [-0.39, 0.29) is 0 Å². The van der Waals surface area contributed by atoms with Gasteiger partial charge >= 0.3 is 0 Å². The zero-order valence-corrected chi connectivity index (χ0v) is 9.02. The Morgan fingerprint density at radius 3 is 2.62 bits per heavy atom. The van der Waals surface area contributed by atoms with Gasteiger partial charge in [0.15, 0.2) is 0 Å². The topological polar surface area (TPSA) is 0 Å². The van der Waals surface area contributed by atoms with E-state index in [9.17, 15) is 0 Å². The minimum absolute atomic E-state index is 1.25. The highest BCUT2D eigenvalue weighted by Crippen LogP contribution is 2.18. The highest BCUT2D eigenvalue weighted by molar-refractivity contribution is 7.99. The number of unbranched alkanes of at least 4 members (excludes halogenated alkanes) is 3. The van der Waals surface area contributed by atoms with Crippen molar-refractivity contribution in [3.8, 4) is 0 Å². The molecule has 0 aliphatic heterocycles. The highest BCUT2D eigenvalue weighted by Gasteiger charge is 1.91. The van der Waals surface area contributed by atoms with Crippen molar-refractivity contribution in [2.24, 2.45) is 0 Å². The van der Waals surface area contributed by atoms with Crippen molar-refractivity contribution in [3.63, 3.8) is 0 Å². The smallest absolute Gasteiger partial charge is 0.00719 e. The van der Waals surface area contributed by atoms with E-state index in [0.29, 0.717) is 0 Å². The molecule has 0 aromatic heterocycles. The molecular weight excluding hydrogens is 176 g/mol. The Hall–Kier alpha value is -0.430. The zero-order valence-electron chi connectivity index (χ0n) is 8.20. The fourth-order valence-corrected chi connectivity index (χ4v) is 2.09. The van der Waals surface area contributed by atoms with Crippen molar-refractivity contribution < 1.29 is 0 Å². The third-order valence-electron chi connectivity index (χ3n) is 1.90. The van der Waals surface area contributed by atoms with Gasteiger partial charge in [-0.05, 0) is 30.7 Å². The van der Waals surface area contributed by atoms with E-state index in [1.54, 1.807) is 0 Å². The van der Waals surface area contributed by atoms with Gasteiger partial charge in [0.05, 0.1) is 0 Å². The summed E-state index contributed by atoms with van der Waals surface area (Å²) in [7, 11) is 0. The Labute approximate surface area is 85.7 Å². The van der Waals surface area contributed by atoms with Gasteiger partial charge in [-0.15, -0.1) is 11.8 Å². The molecule has 71 valence electrons. The molecule has 1 aromatic rings. The summed E-state index contributed by atoms with van der Waals surface area (Å²) in [4.78, 5) is 1.39. The lowest BCUT2D eigenvalue weighted by atomic mass is 10.2. The van der Waals surface area contributed by atoms with Crippen molar-refractivity contribution in [1.82, 2.24) is 0 Å². The van der Waals surface area contributed by atoms with Gasteiger partial charge in [-0.3, -0.25) is 0 Å². The van der Waals surface area contributed by atoms with Gasteiger partial charge in [0, 0.05) is 4.90 Å². The average molecular weight is 193 g/mol. The Kier molecular flexibility index (Phi) is 5.75. The average Bonchev–Trinajstić information content (AvgIpc) is 2.19. The van der Waals surface area contributed by atoms with Gasteiger partial charge in [-0.25, -0.2) is 0 Å². The summed E-state index contributed by atoms with van der Waals surface area (Å²) in [6, 6.07) is 10.6. The predicted molar refractivity (Wildman–Crippen MR) is 61.0 cm³/mol.